The van der Waals surface area contributed by atoms with Crippen molar-refractivity contribution in [1.29, 1.82) is 0 Å². The minimum Gasteiger partial charge on any atom is -0.370 e. The summed E-state index contributed by atoms with van der Waals surface area (Å²) in [4.78, 5) is 4.32. The van der Waals surface area contributed by atoms with Gasteiger partial charge in [-0.1, -0.05) is 6.07 Å². The Kier molecular flexibility index (Phi) is 3.30. The van der Waals surface area contributed by atoms with Gasteiger partial charge in [0, 0.05) is 12.7 Å². The van der Waals surface area contributed by atoms with E-state index in [0.717, 1.165) is 18.3 Å². The number of aromatic nitrogens is 1. The van der Waals surface area contributed by atoms with Gasteiger partial charge in [0.15, 0.2) is 0 Å². The minimum atomic E-state index is 0.836. The summed E-state index contributed by atoms with van der Waals surface area (Å²) < 4.78 is 0. The molecule has 1 aromatic rings. The molecule has 1 aromatic heterocycles. The predicted molar refractivity (Wildman–Crippen MR) is 62.9 cm³/mol. The number of hydrogen-bond donors (Lipinski definition) is 1. The summed E-state index contributed by atoms with van der Waals surface area (Å²) in [6, 6.07) is 4.15. The second-order valence-electron chi connectivity index (χ2n) is 3.83. The summed E-state index contributed by atoms with van der Waals surface area (Å²) in [6.45, 7) is 3.13. The number of anilines is 1. The molecule has 2 heterocycles. The van der Waals surface area contributed by atoms with E-state index in [4.69, 9.17) is 0 Å². The molecule has 0 bridgehead atoms. The number of aryl methyl sites for hydroxylation is 1. The van der Waals surface area contributed by atoms with E-state index in [0.29, 0.717) is 0 Å². The summed E-state index contributed by atoms with van der Waals surface area (Å²) in [7, 11) is 0. The normalized spacial score (nSPS) is 21.1. The lowest BCUT2D eigenvalue weighted by molar-refractivity contribution is 0.630. The first-order valence-electron chi connectivity index (χ1n) is 5.09. The molecule has 1 unspecified atom stereocenters. The standard InChI is InChI=1S/C11H16N2S/c1-9-2-3-11(12-6-9)13-7-10-4-5-14-8-10/h2-3,6,10H,4-5,7-8H2,1H3,(H,12,13). The van der Waals surface area contributed by atoms with E-state index in [-0.39, 0.29) is 0 Å². The molecule has 14 heavy (non-hydrogen) atoms. The van der Waals surface area contributed by atoms with Gasteiger partial charge in [0.25, 0.3) is 0 Å². The number of hydrogen-bond acceptors (Lipinski definition) is 3. The van der Waals surface area contributed by atoms with E-state index in [9.17, 15) is 0 Å². The van der Waals surface area contributed by atoms with Crippen molar-refractivity contribution >= 4 is 17.6 Å². The highest BCUT2D eigenvalue weighted by Crippen LogP contribution is 2.23. The second-order valence-corrected chi connectivity index (χ2v) is 4.98. The maximum Gasteiger partial charge on any atom is 0.125 e. The Bertz CT molecular complexity index is 278. The van der Waals surface area contributed by atoms with E-state index in [1.807, 2.05) is 6.20 Å². The van der Waals surface area contributed by atoms with Gasteiger partial charge in [0.05, 0.1) is 0 Å². The molecule has 1 atom stereocenters. The Morgan fingerprint density at radius 2 is 2.50 bits per heavy atom. The van der Waals surface area contributed by atoms with Crippen LogP contribution in [0.15, 0.2) is 18.3 Å². The van der Waals surface area contributed by atoms with Crippen LogP contribution in [0.25, 0.3) is 0 Å². The fourth-order valence-electron chi connectivity index (χ4n) is 1.57. The Hall–Kier alpha value is -0.700. The van der Waals surface area contributed by atoms with Crippen LogP contribution in [0.1, 0.15) is 12.0 Å². The van der Waals surface area contributed by atoms with Crippen LogP contribution in [0.4, 0.5) is 5.82 Å². The average Bonchev–Trinajstić information content (AvgIpc) is 2.70. The molecular formula is C11H16N2S. The van der Waals surface area contributed by atoms with Crippen molar-refractivity contribution in [3.63, 3.8) is 0 Å². The molecule has 1 aliphatic rings. The van der Waals surface area contributed by atoms with Gasteiger partial charge in [0.1, 0.15) is 5.82 Å². The highest BCUT2D eigenvalue weighted by atomic mass is 32.2. The molecule has 2 rings (SSSR count). The third-order valence-electron chi connectivity index (χ3n) is 2.51. The van der Waals surface area contributed by atoms with Gasteiger partial charge >= 0.3 is 0 Å². The zero-order chi connectivity index (χ0) is 9.80. The smallest absolute Gasteiger partial charge is 0.125 e. The van der Waals surface area contributed by atoms with Crippen LogP contribution >= 0.6 is 11.8 Å². The maximum absolute atomic E-state index is 4.32. The Labute approximate surface area is 89.5 Å². The minimum absolute atomic E-state index is 0.836. The Morgan fingerprint density at radius 1 is 1.57 bits per heavy atom. The van der Waals surface area contributed by atoms with Crippen molar-refractivity contribution in [2.75, 3.05) is 23.4 Å². The fourth-order valence-corrected chi connectivity index (χ4v) is 2.85. The van der Waals surface area contributed by atoms with Gasteiger partial charge in [-0.2, -0.15) is 11.8 Å². The maximum atomic E-state index is 4.32. The number of rotatable bonds is 3. The molecular weight excluding hydrogens is 192 g/mol. The molecule has 0 radical (unpaired) electrons. The molecule has 2 nitrogen and oxygen atoms in total. The number of thioether (sulfide) groups is 1. The topological polar surface area (TPSA) is 24.9 Å². The monoisotopic (exact) mass is 208 g/mol. The summed E-state index contributed by atoms with van der Waals surface area (Å²) in [6.07, 6.45) is 3.26. The second kappa shape index (κ2) is 4.69. The summed E-state index contributed by atoms with van der Waals surface area (Å²) in [5.74, 6) is 4.47. The van der Waals surface area contributed by atoms with Crippen molar-refractivity contribution in [2.24, 2.45) is 5.92 Å². The molecule has 76 valence electrons. The number of pyridine rings is 1. The van der Waals surface area contributed by atoms with Gasteiger partial charge in [-0.25, -0.2) is 4.98 Å². The quantitative estimate of drug-likeness (QED) is 0.826. The number of nitrogens with zero attached hydrogens (tertiary/aromatic N) is 1. The predicted octanol–water partition coefficient (Wildman–Crippen LogP) is 2.56. The zero-order valence-electron chi connectivity index (χ0n) is 8.49. The van der Waals surface area contributed by atoms with Crippen molar-refractivity contribution in [3.8, 4) is 0 Å². The van der Waals surface area contributed by atoms with Crippen LogP contribution in [0.2, 0.25) is 0 Å². The summed E-state index contributed by atoms with van der Waals surface area (Å²) in [5, 5.41) is 3.39. The van der Waals surface area contributed by atoms with Gasteiger partial charge in [-0.15, -0.1) is 0 Å². The van der Waals surface area contributed by atoms with Crippen molar-refractivity contribution in [1.82, 2.24) is 4.98 Å². The molecule has 0 aliphatic carbocycles. The largest absolute Gasteiger partial charge is 0.370 e. The van der Waals surface area contributed by atoms with Gasteiger partial charge in [-0.3, -0.25) is 0 Å². The fraction of sp³-hybridized carbons (Fsp3) is 0.545. The first kappa shape index (κ1) is 9.84. The first-order valence-corrected chi connectivity index (χ1v) is 6.24. The summed E-state index contributed by atoms with van der Waals surface area (Å²) >= 11 is 2.06. The lowest BCUT2D eigenvalue weighted by Crippen LogP contribution is -2.14. The third kappa shape index (κ3) is 2.64. The van der Waals surface area contributed by atoms with Gasteiger partial charge in [0.2, 0.25) is 0 Å². The van der Waals surface area contributed by atoms with Crippen molar-refractivity contribution in [2.45, 2.75) is 13.3 Å². The third-order valence-corrected chi connectivity index (χ3v) is 3.74. The van der Waals surface area contributed by atoms with E-state index < -0.39 is 0 Å². The molecule has 1 saturated heterocycles. The molecule has 0 amide bonds. The van der Waals surface area contributed by atoms with Crippen LogP contribution in [0.5, 0.6) is 0 Å². The van der Waals surface area contributed by atoms with E-state index >= 15 is 0 Å². The lowest BCUT2D eigenvalue weighted by Gasteiger charge is -2.10. The van der Waals surface area contributed by atoms with Crippen LogP contribution < -0.4 is 5.32 Å². The molecule has 1 fully saturated rings. The molecule has 0 aromatic carbocycles. The van der Waals surface area contributed by atoms with Crippen LogP contribution in [-0.4, -0.2) is 23.0 Å². The lowest BCUT2D eigenvalue weighted by atomic mass is 10.1. The Morgan fingerprint density at radius 3 is 3.14 bits per heavy atom. The van der Waals surface area contributed by atoms with E-state index in [1.165, 1.54) is 23.5 Å². The molecule has 1 aliphatic heterocycles. The summed E-state index contributed by atoms with van der Waals surface area (Å²) in [5.41, 5.74) is 1.21. The van der Waals surface area contributed by atoms with Gasteiger partial charge in [-0.05, 0) is 42.4 Å². The molecule has 0 spiro atoms. The highest BCUT2D eigenvalue weighted by molar-refractivity contribution is 7.99. The SMILES string of the molecule is Cc1ccc(NCC2CCSC2)nc1. The van der Waals surface area contributed by atoms with E-state index in [2.05, 4.69) is 41.1 Å². The molecule has 0 saturated carbocycles. The number of nitrogens with one attached hydrogen (secondary N) is 1. The zero-order valence-corrected chi connectivity index (χ0v) is 9.31. The molecule has 3 heteroatoms. The van der Waals surface area contributed by atoms with Gasteiger partial charge < -0.3 is 5.32 Å². The van der Waals surface area contributed by atoms with Crippen LogP contribution in [0, 0.1) is 12.8 Å². The average molecular weight is 208 g/mol. The van der Waals surface area contributed by atoms with E-state index in [1.54, 1.807) is 0 Å². The highest BCUT2D eigenvalue weighted by Gasteiger charge is 2.14. The van der Waals surface area contributed by atoms with Crippen molar-refractivity contribution in [3.05, 3.63) is 23.9 Å². The molecule has 1 N–H and O–H groups in total. The van der Waals surface area contributed by atoms with Crippen LogP contribution in [0.3, 0.4) is 0 Å². The van der Waals surface area contributed by atoms with Crippen molar-refractivity contribution < 1.29 is 0 Å². The Balaban J connectivity index is 1.82. The van der Waals surface area contributed by atoms with Crippen LogP contribution in [-0.2, 0) is 0 Å². The first-order chi connectivity index (χ1) is 6.84.